The molecule has 0 spiro atoms. The van der Waals surface area contributed by atoms with Crippen LogP contribution in [-0.4, -0.2) is 33.3 Å². The summed E-state index contributed by atoms with van der Waals surface area (Å²) in [6.45, 7) is 0.488. The van der Waals surface area contributed by atoms with Crippen LogP contribution >= 0.6 is 0 Å². The summed E-state index contributed by atoms with van der Waals surface area (Å²) >= 11 is 0. The Bertz CT molecular complexity index is 823. The van der Waals surface area contributed by atoms with Crippen LogP contribution < -0.4 is 19.5 Å². The maximum Gasteiger partial charge on any atom is 0.244 e. The molecule has 1 amide bonds. The van der Waals surface area contributed by atoms with Crippen molar-refractivity contribution in [1.82, 2.24) is 5.32 Å². The molecule has 0 aliphatic carbocycles. The van der Waals surface area contributed by atoms with Crippen LogP contribution in [0.2, 0.25) is 0 Å². The van der Waals surface area contributed by atoms with Crippen molar-refractivity contribution in [2.75, 3.05) is 27.4 Å². The highest BCUT2D eigenvalue weighted by molar-refractivity contribution is 5.91. The molecule has 0 radical (unpaired) electrons. The summed E-state index contributed by atoms with van der Waals surface area (Å²) in [5, 5.41) is 11.4. The first-order chi connectivity index (χ1) is 13.2. The number of hydrogen-bond acceptors (Lipinski definition) is 5. The van der Waals surface area contributed by atoms with Gasteiger partial charge < -0.3 is 19.5 Å². The fraction of sp³-hybridized carbons (Fsp3) is 0.238. The Hall–Kier alpha value is -3.46. The van der Waals surface area contributed by atoms with E-state index >= 15 is 0 Å². The molecule has 0 aromatic heterocycles. The number of hydrogen-bond donors (Lipinski definition) is 1. The average Bonchev–Trinajstić information content (AvgIpc) is 2.71. The van der Waals surface area contributed by atoms with Crippen LogP contribution in [0.1, 0.15) is 11.1 Å². The summed E-state index contributed by atoms with van der Waals surface area (Å²) in [6.07, 6.45) is 3.90. The van der Waals surface area contributed by atoms with Crippen LogP contribution in [0, 0.1) is 11.3 Å². The Morgan fingerprint density at radius 2 is 1.89 bits per heavy atom. The fourth-order valence-electron chi connectivity index (χ4n) is 2.37. The Morgan fingerprint density at radius 3 is 2.56 bits per heavy atom. The Morgan fingerprint density at radius 1 is 1.11 bits per heavy atom. The quantitative estimate of drug-likeness (QED) is 0.690. The summed E-state index contributed by atoms with van der Waals surface area (Å²) in [7, 11) is 3.15. The van der Waals surface area contributed by atoms with Gasteiger partial charge in [-0.25, -0.2) is 0 Å². The molecule has 27 heavy (non-hydrogen) atoms. The number of carbonyl (C=O) groups excluding carboxylic acids is 1. The number of nitrogens with one attached hydrogen (secondary N) is 1. The third-order valence-corrected chi connectivity index (χ3v) is 3.78. The summed E-state index contributed by atoms with van der Waals surface area (Å²) in [6, 6.07) is 14.9. The Kier molecular flexibility index (Phi) is 7.73. The van der Waals surface area contributed by atoms with E-state index in [4.69, 9.17) is 19.5 Å². The summed E-state index contributed by atoms with van der Waals surface area (Å²) in [5.41, 5.74) is 1.92. The van der Waals surface area contributed by atoms with Gasteiger partial charge in [0.15, 0.2) is 18.1 Å². The molecule has 0 saturated carbocycles. The van der Waals surface area contributed by atoms with Gasteiger partial charge in [-0.05, 0) is 47.9 Å². The highest BCUT2D eigenvalue weighted by atomic mass is 16.5. The van der Waals surface area contributed by atoms with E-state index in [-0.39, 0.29) is 12.5 Å². The van der Waals surface area contributed by atoms with E-state index in [1.807, 2.05) is 30.3 Å². The van der Waals surface area contributed by atoms with Crippen molar-refractivity contribution < 1.29 is 19.0 Å². The molecule has 2 aromatic carbocycles. The van der Waals surface area contributed by atoms with Gasteiger partial charge in [0.1, 0.15) is 11.8 Å². The van der Waals surface area contributed by atoms with E-state index in [0.29, 0.717) is 18.0 Å². The largest absolute Gasteiger partial charge is 0.497 e. The second kappa shape index (κ2) is 10.5. The predicted octanol–water partition coefficient (Wildman–Crippen LogP) is 2.98. The van der Waals surface area contributed by atoms with Crippen molar-refractivity contribution in [3.63, 3.8) is 0 Å². The number of amides is 1. The number of nitrogens with zero attached hydrogens (tertiary/aromatic N) is 1. The smallest absolute Gasteiger partial charge is 0.244 e. The maximum absolute atomic E-state index is 12.0. The van der Waals surface area contributed by atoms with Crippen molar-refractivity contribution in [2.45, 2.75) is 6.42 Å². The maximum atomic E-state index is 12.0. The van der Waals surface area contributed by atoms with Crippen LogP contribution in [-0.2, 0) is 11.2 Å². The SMILES string of the molecule is COc1ccc(CCNC(=O)/C=C/c2ccc(OCC#N)c(OC)c2)cc1. The molecule has 6 heteroatoms. The molecule has 0 saturated heterocycles. The molecule has 1 N–H and O–H groups in total. The molecule has 0 heterocycles. The minimum Gasteiger partial charge on any atom is -0.497 e. The molecular formula is C21H22N2O4. The van der Waals surface area contributed by atoms with Crippen LogP contribution in [0.3, 0.4) is 0 Å². The van der Waals surface area contributed by atoms with Gasteiger partial charge in [0, 0.05) is 12.6 Å². The second-order valence-corrected chi connectivity index (χ2v) is 5.58. The van der Waals surface area contributed by atoms with Gasteiger partial charge in [0.05, 0.1) is 14.2 Å². The van der Waals surface area contributed by atoms with Gasteiger partial charge in [0.25, 0.3) is 0 Å². The number of rotatable bonds is 9. The molecule has 0 aliphatic rings. The van der Waals surface area contributed by atoms with E-state index in [1.165, 1.54) is 13.2 Å². The van der Waals surface area contributed by atoms with E-state index in [2.05, 4.69) is 5.32 Å². The van der Waals surface area contributed by atoms with E-state index < -0.39 is 0 Å². The van der Waals surface area contributed by atoms with Crippen molar-refractivity contribution >= 4 is 12.0 Å². The predicted molar refractivity (Wildman–Crippen MR) is 103 cm³/mol. The first-order valence-electron chi connectivity index (χ1n) is 8.43. The molecule has 140 valence electrons. The van der Waals surface area contributed by atoms with Crippen LogP contribution in [0.15, 0.2) is 48.5 Å². The van der Waals surface area contributed by atoms with Crippen LogP contribution in [0.25, 0.3) is 6.08 Å². The summed E-state index contributed by atoms with van der Waals surface area (Å²) in [5.74, 6) is 1.63. The minimum atomic E-state index is -0.174. The van der Waals surface area contributed by atoms with Crippen molar-refractivity contribution in [3.05, 3.63) is 59.7 Å². The lowest BCUT2D eigenvalue weighted by atomic mass is 10.1. The van der Waals surface area contributed by atoms with Crippen LogP contribution in [0.4, 0.5) is 0 Å². The lowest BCUT2D eigenvalue weighted by Crippen LogP contribution is -2.23. The first-order valence-corrected chi connectivity index (χ1v) is 8.43. The first kappa shape index (κ1) is 19.9. The highest BCUT2D eigenvalue weighted by Gasteiger charge is 2.05. The molecule has 0 fully saturated rings. The van der Waals surface area contributed by atoms with Crippen LogP contribution in [0.5, 0.6) is 17.2 Å². The standard InChI is InChI=1S/C21H22N2O4/c1-25-18-7-3-16(4-8-18)11-13-23-21(24)10-6-17-5-9-19(27-14-12-22)20(15-17)26-2/h3-10,15H,11,13-14H2,1-2H3,(H,23,24)/b10-6+. The molecule has 2 aromatic rings. The zero-order chi connectivity index (χ0) is 19.5. The second-order valence-electron chi connectivity index (χ2n) is 5.58. The lowest BCUT2D eigenvalue weighted by Gasteiger charge is -2.08. The Balaban J connectivity index is 1.85. The fourth-order valence-corrected chi connectivity index (χ4v) is 2.37. The molecule has 0 aliphatic heterocycles. The number of carbonyl (C=O) groups is 1. The minimum absolute atomic E-state index is 0.0534. The van der Waals surface area contributed by atoms with E-state index in [9.17, 15) is 4.79 Å². The van der Waals surface area contributed by atoms with Crippen molar-refractivity contribution in [1.29, 1.82) is 5.26 Å². The molecule has 0 unspecified atom stereocenters. The molecule has 0 bridgehead atoms. The third-order valence-electron chi connectivity index (χ3n) is 3.78. The zero-order valence-corrected chi connectivity index (χ0v) is 15.4. The molecule has 0 atom stereocenters. The van der Waals surface area contributed by atoms with Gasteiger partial charge >= 0.3 is 0 Å². The molecular weight excluding hydrogens is 344 g/mol. The monoisotopic (exact) mass is 366 g/mol. The number of nitriles is 1. The van der Waals surface area contributed by atoms with E-state index in [0.717, 1.165) is 23.3 Å². The summed E-state index contributed by atoms with van der Waals surface area (Å²) in [4.78, 5) is 12.0. The van der Waals surface area contributed by atoms with Gasteiger partial charge in [0.2, 0.25) is 5.91 Å². The van der Waals surface area contributed by atoms with E-state index in [1.54, 1.807) is 31.4 Å². The average molecular weight is 366 g/mol. The normalized spacial score (nSPS) is 10.3. The van der Waals surface area contributed by atoms with Crippen molar-refractivity contribution in [3.8, 4) is 23.3 Å². The number of ether oxygens (including phenoxy) is 3. The van der Waals surface area contributed by atoms with Gasteiger partial charge in [-0.2, -0.15) is 5.26 Å². The van der Waals surface area contributed by atoms with Gasteiger partial charge in [-0.15, -0.1) is 0 Å². The number of methoxy groups -OCH3 is 2. The zero-order valence-electron chi connectivity index (χ0n) is 15.4. The Labute approximate surface area is 159 Å². The number of benzene rings is 2. The summed E-state index contributed by atoms with van der Waals surface area (Å²) < 4.78 is 15.6. The lowest BCUT2D eigenvalue weighted by molar-refractivity contribution is -0.116. The topological polar surface area (TPSA) is 80.6 Å². The molecule has 2 rings (SSSR count). The van der Waals surface area contributed by atoms with Crippen molar-refractivity contribution in [2.24, 2.45) is 0 Å². The van der Waals surface area contributed by atoms with Gasteiger partial charge in [-0.3, -0.25) is 4.79 Å². The van der Waals surface area contributed by atoms with Gasteiger partial charge in [-0.1, -0.05) is 18.2 Å². The highest BCUT2D eigenvalue weighted by Crippen LogP contribution is 2.28. The molecule has 6 nitrogen and oxygen atoms in total. The third kappa shape index (κ3) is 6.40.